The zero-order chi connectivity index (χ0) is 13.2. The van der Waals surface area contributed by atoms with Crippen molar-refractivity contribution < 1.29 is 4.92 Å². The standard InChI is InChI=1S/C10H9N5O2S2/c16-15(17)7-3-4-8(11-5-7)18-10-14-13-9(19-10)12-6-1-2-6/h3-6H,1-2H2,(H,12,13). The Morgan fingerprint density at radius 1 is 1.42 bits per heavy atom. The van der Waals surface area contributed by atoms with E-state index in [-0.39, 0.29) is 5.69 Å². The van der Waals surface area contributed by atoms with Crippen molar-refractivity contribution in [2.75, 3.05) is 5.32 Å². The predicted molar refractivity (Wildman–Crippen MR) is 71.6 cm³/mol. The van der Waals surface area contributed by atoms with Crippen LogP contribution in [-0.4, -0.2) is 26.1 Å². The Labute approximate surface area is 116 Å². The molecule has 0 bridgehead atoms. The fourth-order valence-electron chi connectivity index (χ4n) is 1.34. The number of nitrogens with one attached hydrogen (secondary N) is 1. The van der Waals surface area contributed by atoms with E-state index in [1.165, 1.54) is 48.2 Å². The van der Waals surface area contributed by atoms with Crippen molar-refractivity contribution in [1.82, 2.24) is 15.2 Å². The van der Waals surface area contributed by atoms with E-state index in [0.29, 0.717) is 11.1 Å². The molecular formula is C10H9N5O2S2. The van der Waals surface area contributed by atoms with Gasteiger partial charge in [0.2, 0.25) is 5.13 Å². The Balaban J connectivity index is 1.66. The van der Waals surface area contributed by atoms with Gasteiger partial charge in [0.1, 0.15) is 11.2 Å². The van der Waals surface area contributed by atoms with Gasteiger partial charge in [0, 0.05) is 12.1 Å². The minimum Gasteiger partial charge on any atom is -0.357 e. The van der Waals surface area contributed by atoms with Gasteiger partial charge < -0.3 is 5.32 Å². The van der Waals surface area contributed by atoms with Gasteiger partial charge in [-0.3, -0.25) is 10.1 Å². The third-order valence-electron chi connectivity index (χ3n) is 2.43. The van der Waals surface area contributed by atoms with Gasteiger partial charge in [-0.05, 0) is 30.7 Å². The fraction of sp³-hybridized carbons (Fsp3) is 0.300. The summed E-state index contributed by atoms with van der Waals surface area (Å²) in [7, 11) is 0. The number of nitro groups is 1. The van der Waals surface area contributed by atoms with Gasteiger partial charge in [-0.1, -0.05) is 11.3 Å². The molecule has 0 saturated heterocycles. The second kappa shape index (κ2) is 5.10. The molecule has 3 rings (SSSR count). The highest BCUT2D eigenvalue weighted by atomic mass is 32.2. The molecule has 0 aliphatic heterocycles. The highest BCUT2D eigenvalue weighted by Gasteiger charge is 2.22. The van der Waals surface area contributed by atoms with Crippen molar-refractivity contribution in [2.45, 2.75) is 28.2 Å². The van der Waals surface area contributed by atoms with Gasteiger partial charge in [0.25, 0.3) is 5.69 Å². The molecule has 0 spiro atoms. The zero-order valence-corrected chi connectivity index (χ0v) is 11.3. The fourth-order valence-corrected chi connectivity index (χ4v) is 3.06. The maximum absolute atomic E-state index is 10.5. The summed E-state index contributed by atoms with van der Waals surface area (Å²) in [4.78, 5) is 14.1. The van der Waals surface area contributed by atoms with Crippen LogP contribution in [0.5, 0.6) is 0 Å². The average Bonchev–Trinajstić information content (AvgIpc) is 3.10. The molecular weight excluding hydrogens is 286 g/mol. The summed E-state index contributed by atoms with van der Waals surface area (Å²) >= 11 is 2.81. The van der Waals surface area contributed by atoms with Crippen LogP contribution in [0.15, 0.2) is 27.7 Å². The van der Waals surface area contributed by atoms with E-state index in [1.807, 2.05) is 0 Å². The molecule has 1 aliphatic carbocycles. The summed E-state index contributed by atoms with van der Waals surface area (Å²) in [5, 5.41) is 23.3. The average molecular weight is 295 g/mol. The molecule has 19 heavy (non-hydrogen) atoms. The van der Waals surface area contributed by atoms with Crippen LogP contribution in [0.4, 0.5) is 10.8 Å². The van der Waals surface area contributed by atoms with Crippen LogP contribution >= 0.6 is 23.1 Å². The summed E-state index contributed by atoms with van der Waals surface area (Å²) in [5.74, 6) is 0. The Kier molecular flexibility index (Phi) is 3.30. The summed E-state index contributed by atoms with van der Waals surface area (Å²) in [6.07, 6.45) is 3.62. The first-order chi connectivity index (χ1) is 9.20. The summed E-state index contributed by atoms with van der Waals surface area (Å²) < 4.78 is 0.768. The van der Waals surface area contributed by atoms with Crippen LogP contribution in [-0.2, 0) is 0 Å². The molecule has 0 atom stereocenters. The number of nitrogens with zero attached hydrogens (tertiary/aromatic N) is 4. The van der Waals surface area contributed by atoms with Crippen LogP contribution in [0, 0.1) is 10.1 Å². The van der Waals surface area contributed by atoms with Gasteiger partial charge in [0.05, 0.1) is 4.92 Å². The van der Waals surface area contributed by atoms with Crippen molar-refractivity contribution in [3.8, 4) is 0 Å². The Hall–Kier alpha value is -1.74. The van der Waals surface area contributed by atoms with Crippen molar-refractivity contribution in [3.63, 3.8) is 0 Å². The van der Waals surface area contributed by atoms with Gasteiger partial charge in [0.15, 0.2) is 4.34 Å². The third kappa shape index (κ3) is 3.18. The van der Waals surface area contributed by atoms with Gasteiger partial charge in [-0.25, -0.2) is 4.98 Å². The topological polar surface area (TPSA) is 93.8 Å². The van der Waals surface area contributed by atoms with E-state index in [0.717, 1.165) is 9.47 Å². The molecule has 0 radical (unpaired) electrons. The van der Waals surface area contributed by atoms with Gasteiger partial charge in [-0.15, -0.1) is 10.2 Å². The van der Waals surface area contributed by atoms with Crippen molar-refractivity contribution in [2.24, 2.45) is 0 Å². The quantitative estimate of drug-likeness (QED) is 0.669. The van der Waals surface area contributed by atoms with Gasteiger partial charge >= 0.3 is 0 Å². The summed E-state index contributed by atoms with van der Waals surface area (Å²) in [6.45, 7) is 0. The number of anilines is 1. The van der Waals surface area contributed by atoms with E-state index in [1.54, 1.807) is 6.07 Å². The van der Waals surface area contributed by atoms with Crippen molar-refractivity contribution >= 4 is 33.9 Å². The Bertz CT molecular complexity index is 596. The van der Waals surface area contributed by atoms with E-state index >= 15 is 0 Å². The largest absolute Gasteiger partial charge is 0.357 e. The molecule has 2 aromatic heterocycles. The number of aromatic nitrogens is 3. The summed E-state index contributed by atoms with van der Waals surface area (Å²) in [5.41, 5.74) is -0.0160. The molecule has 1 N–H and O–H groups in total. The molecule has 1 saturated carbocycles. The first-order valence-electron chi connectivity index (χ1n) is 5.59. The zero-order valence-electron chi connectivity index (χ0n) is 9.65. The lowest BCUT2D eigenvalue weighted by Gasteiger charge is -1.96. The minimum atomic E-state index is -0.468. The molecule has 0 aromatic carbocycles. The smallest absolute Gasteiger partial charge is 0.287 e. The van der Waals surface area contributed by atoms with E-state index in [2.05, 4.69) is 20.5 Å². The van der Waals surface area contributed by atoms with Crippen LogP contribution in [0.25, 0.3) is 0 Å². The predicted octanol–water partition coefficient (Wildman–Crippen LogP) is 2.57. The molecule has 2 aromatic rings. The number of hydrogen-bond donors (Lipinski definition) is 1. The van der Waals surface area contributed by atoms with E-state index < -0.39 is 4.92 Å². The lowest BCUT2D eigenvalue weighted by atomic mass is 10.4. The summed E-state index contributed by atoms with van der Waals surface area (Å²) in [6, 6.07) is 3.58. The monoisotopic (exact) mass is 295 g/mol. The lowest BCUT2D eigenvalue weighted by Crippen LogP contribution is -1.99. The number of pyridine rings is 1. The highest BCUT2D eigenvalue weighted by molar-refractivity contribution is 8.01. The van der Waals surface area contributed by atoms with Crippen LogP contribution < -0.4 is 5.32 Å². The van der Waals surface area contributed by atoms with Crippen LogP contribution in [0.2, 0.25) is 0 Å². The van der Waals surface area contributed by atoms with Gasteiger partial charge in [-0.2, -0.15) is 0 Å². The molecule has 0 amide bonds. The second-order valence-electron chi connectivity index (χ2n) is 4.01. The maximum atomic E-state index is 10.5. The highest BCUT2D eigenvalue weighted by Crippen LogP contribution is 2.33. The first-order valence-corrected chi connectivity index (χ1v) is 7.22. The molecule has 7 nitrogen and oxygen atoms in total. The van der Waals surface area contributed by atoms with Crippen LogP contribution in [0.3, 0.4) is 0 Å². The molecule has 9 heteroatoms. The maximum Gasteiger partial charge on any atom is 0.287 e. The Morgan fingerprint density at radius 3 is 2.89 bits per heavy atom. The lowest BCUT2D eigenvalue weighted by molar-refractivity contribution is -0.385. The van der Waals surface area contributed by atoms with Crippen LogP contribution in [0.1, 0.15) is 12.8 Å². The number of hydrogen-bond acceptors (Lipinski definition) is 8. The first kappa shape index (κ1) is 12.3. The SMILES string of the molecule is O=[N+]([O-])c1ccc(Sc2nnc(NC3CC3)s2)nc1. The van der Waals surface area contributed by atoms with E-state index in [4.69, 9.17) is 0 Å². The molecule has 2 heterocycles. The normalized spacial score (nSPS) is 14.3. The molecule has 98 valence electrons. The van der Waals surface area contributed by atoms with Crippen molar-refractivity contribution in [1.29, 1.82) is 0 Å². The minimum absolute atomic E-state index is 0.0160. The second-order valence-corrected chi connectivity index (χ2v) is 6.25. The van der Waals surface area contributed by atoms with E-state index in [9.17, 15) is 10.1 Å². The Morgan fingerprint density at radius 2 is 2.26 bits per heavy atom. The molecule has 1 fully saturated rings. The molecule has 0 unspecified atom stereocenters. The molecule has 1 aliphatic rings. The third-order valence-corrected chi connectivity index (χ3v) is 4.29. The van der Waals surface area contributed by atoms with Crippen molar-refractivity contribution in [3.05, 3.63) is 28.4 Å². The number of rotatable bonds is 5.